The summed E-state index contributed by atoms with van der Waals surface area (Å²) in [6, 6.07) is 5.39. The van der Waals surface area contributed by atoms with Gasteiger partial charge in [-0.05, 0) is 37.4 Å². The molecule has 0 spiro atoms. The summed E-state index contributed by atoms with van der Waals surface area (Å²) in [4.78, 5) is 2.31. The van der Waals surface area contributed by atoms with E-state index < -0.39 is 0 Å². The van der Waals surface area contributed by atoms with Crippen LogP contribution in [0.3, 0.4) is 0 Å². The molecule has 112 valence electrons. The fraction of sp³-hybridized carbons (Fsp3) is 0.625. The molecule has 1 heterocycles. The third kappa shape index (κ3) is 3.70. The number of ether oxygens (including phenoxy) is 1. The van der Waals surface area contributed by atoms with Crippen molar-refractivity contribution in [1.82, 2.24) is 5.32 Å². The van der Waals surface area contributed by atoms with Gasteiger partial charge < -0.3 is 15.0 Å². The molecule has 1 fully saturated rings. The van der Waals surface area contributed by atoms with Gasteiger partial charge in [0.05, 0.1) is 0 Å². The number of anilines is 1. The van der Waals surface area contributed by atoms with E-state index in [-0.39, 0.29) is 5.82 Å². The van der Waals surface area contributed by atoms with Gasteiger partial charge in [0.15, 0.2) is 0 Å². The van der Waals surface area contributed by atoms with Crippen molar-refractivity contribution in [2.75, 3.05) is 38.3 Å². The average Bonchev–Trinajstić information content (AvgIpc) is 2.47. The maximum absolute atomic E-state index is 14.0. The zero-order valence-electron chi connectivity index (χ0n) is 12.5. The summed E-state index contributed by atoms with van der Waals surface area (Å²) in [6.07, 6.45) is 2.23. The van der Waals surface area contributed by atoms with E-state index in [0.717, 1.165) is 50.3 Å². The lowest BCUT2D eigenvalue weighted by Gasteiger charge is -2.34. The second kappa shape index (κ2) is 7.60. The maximum Gasteiger partial charge on any atom is 0.129 e. The normalized spacial score (nSPS) is 16.6. The van der Waals surface area contributed by atoms with Crippen molar-refractivity contribution in [2.24, 2.45) is 5.92 Å². The van der Waals surface area contributed by atoms with Crippen LogP contribution in [-0.4, -0.2) is 33.4 Å². The van der Waals surface area contributed by atoms with E-state index in [1.165, 1.54) is 0 Å². The highest BCUT2D eigenvalue weighted by atomic mass is 19.1. The molecule has 1 N–H and O–H groups in total. The Bertz CT molecular complexity index is 417. The smallest absolute Gasteiger partial charge is 0.129 e. The van der Waals surface area contributed by atoms with Gasteiger partial charge in [-0.25, -0.2) is 4.39 Å². The predicted octanol–water partition coefficient (Wildman–Crippen LogP) is 2.80. The average molecular weight is 280 g/mol. The molecule has 0 amide bonds. The van der Waals surface area contributed by atoms with Gasteiger partial charge in [0, 0.05) is 44.6 Å². The Morgan fingerprint density at radius 1 is 1.35 bits per heavy atom. The lowest BCUT2D eigenvalue weighted by molar-refractivity contribution is 0.139. The first-order chi connectivity index (χ1) is 9.76. The van der Waals surface area contributed by atoms with Gasteiger partial charge in [0.25, 0.3) is 0 Å². The fourth-order valence-electron chi connectivity index (χ4n) is 2.84. The summed E-state index contributed by atoms with van der Waals surface area (Å²) in [5, 5.41) is 3.23. The zero-order chi connectivity index (χ0) is 14.4. The minimum Gasteiger partial charge on any atom is -0.384 e. The SMILES string of the molecule is CCNCc1c(F)cccc1N1CCC(COC)CC1. The summed E-state index contributed by atoms with van der Waals surface area (Å²) < 4.78 is 19.3. The van der Waals surface area contributed by atoms with E-state index in [1.807, 2.05) is 13.0 Å². The molecule has 0 unspecified atom stereocenters. The lowest BCUT2D eigenvalue weighted by Crippen LogP contribution is -2.36. The molecule has 1 aromatic carbocycles. The molecular weight excluding hydrogens is 255 g/mol. The van der Waals surface area contributed by atoms with Gasteiger partial charge in [0.1, 0.15) is 5.82 Å². The van der Waals surface area contributed by atoms with Gasteiger partial charge >= 0.3 is 0 Å². The monoisotopic (exact) mass is 280 g/mol. The summed E-state index contributed by atoms with van der Waals surface area (Å²) >= 11 is 0. The van der Waals surface area contributed by atoms with Gasteiger partial charge in [0.2, 0.25) is 0 Å². The van der Waals surface area contributed by atoms with Crippen molar-refractivity contribution < 1.29 is 9.13 Å². The molecule has 0 bridgehead atoms. The van der Waals surface area contributed by atoms with Crippen LogP contribution in [0.4, 0.5) is 10.1 Å². The molecular formula is C16H25FN2O. The Balaban J connectivity index is 2.07. The molecule has 1 saturated heterocycles. The number of rotatable bonds is 6. The Morgan fingerprint density at radius 3 is 2.75 bits per heavy atom. The van der Waals surface area contributed by atoms with E-state index >= 15 is 0 Å². The fourth-order valence-corrected chi connectivity index (χ4v) is 2.84. The van der Waals surface area contributed by atoms with Crippen LogP contribution in [0.25, 0.3) is 0 Å². The zero-order valence-corrected chi connectivity index (χ0v) is 12.5. The Labute approximate surface area is 121 Å². The predicted molar refractivity (Wildman–Crippen MR) is 80.6 cm³/mol. The second-order valence-electron chi connectivity index (χ2n) is 5.40. The van der Waals surface area contributed by atoms with Crippen molar-refractivity contribution in [1.29, 1.82) is 0 Å². The third-order valence-corrected chi connectivity index (χ3v) is 4.00. The van der Waals surface area contributed by atoms with E-state index in [1.54, 1.807) is 19.2 Å². The first-order valence-corrected chi connectivity index (χ1v) is 7.48. The molecule has 0 radical (unpaired) electrons. The van der Waals surface area contributed by atoms with E-state index in [2.05, 4.69) is 10.2 Å². The molecule has 0 atom stereocenters. The number of nitrogens with one attached hydrogen (secondary N) is 1. The van der Waals surface area contributed by atoms with Crippen molar-refractivity contribution in [3.8, 4) is 0 Å². The molecule has 4 heteroatoms. The molecule has 20 heavy (non-hydrogen) atoms. The third-order valence-electron chi connectivity index (χ3n) is 4.00. The van der Waals surface area contributed by atoms with E-state index in [0.29, 0.717) is 12.5 Å². The first-order valence-electron chi connectivity index (χ1n) is 7.48. The molecule has 1 aromatic rings. The topological polar surface area (TPSA) is 24.5 Å². The molecule has 0 aliphatic carbocycles. The maximum atomic E-state index is 14.0. The van der Waals surface area contributed by atoms with Crippen LogP contribution < -0.4 is 10.2 Å². The summed E-state index contributed by atoms with van der Waals surface area (Å²) in [7, 11) is 1.76. The van der Waals surface area contributed by atoms with E-state index in [4.69, 9.17) is 4.74 Å². The van der Waals surface area contributed by atoms with Gasteiger partial charge in [-0.2, -0.15) is 0 Å². The number of hydrogen-bond donors (Lipinski definition) is 1. The molecule has 0 aromatic heterocycles. The lowest BCUT2D eigenvalue weighted by atomic mass is 9.96. The molecule has 3 nitrogen and oxygen atoms in total. The van der Waals surface area contributed by atoms with Crippen LogP contribution in [0.2, 0.25) is 0 Å². The minimum absolute atomic E-state index is 0.109. The van der Waals surface area contributed by atoms with Gasteiger partial charge in [-0.3, -0.25) is 0 Å². The molecule has 1 aliphatic heterocycles. The summed E-state index contributed by atoms with van der Waals surface area (Å²) in [5.74, 6) is 0.532. The Hall–Kier alpha value is -1.13. The highest BCUT2D eigenvalue weighted by Crippen LogP contribution is 2.28. The van der Waals surface area contributed by atoms with Crippen molar-refractivity contribution in [3.05, 3.63) is 29.6 Å². The number of piperidine rings is 1. The highest BCUT2D eigenvalue weighted by Gasteiger charge is 2.21. The number of methoxy groups -OCH3 is 1. The highest BCUT2D eigenvalue weighted by molar-refractivity contribution is 5.54. The van der Waals surface area contributed by atoms with Crippen molar-refractivity contribution in [2.45, 2.75) is 26.3 Å². The number of hydrogen-bond acceptors (Lipinski definition) is 3. The standard InChI is InChI=1S/C16H25FN2O/c1-3-18-11-14-15(17)5-4-6-16(14)19-9-7-13(8-10-19)12-20-2/h4-6,13,18H,3,7-12H2,1-2H3. The molecule has 1 aliphatic rings. The van der Waals surface area contributed by atoms with Crippen LogP contribution >= 0.6 is 0 Å². The van der Waals surface area contributed by atoms with Gasteiger partial charge in [-0.15, -0.1) is 0 Å². The summed E-state index contributed by atoms with van der Waals surface area (Å²) in [6.45, 7) is 6.28. The number of halogens is 1. The van der Waals surface area contributed by atoms with Crippen LogP contribution in [0.5, 0.6) is 0 Å². The molecule has 2 rings (SSSR count). The summed E-state index contributed by atoms with van der Waals surface area (Å²) in [5.41, 5.74) is 1.83. The van der Waals surface area contributed by atoms with E-state index in [9.17, 15) is 4.39 Å². The van der Waals surface area contributed by atoms with Crippen LogP contribution in [0.15, 0.2) is 18.2 Å². The van der Waals surface area contributed by atoms with Crippen molar-refractivity contribution >= 4 is 5.69 Å². The first kappa shape index (κ1) is 15.3. The van der Waals surface area contributed by atoms with Crippen LogP contribution in [0, 0.1) is 11.7 Å². The number of benzene rings is 1. The number of nitrogens with zero attached hydrogens (tertiary/aromatic N) is 1. The second-order valence-corrected chi connectivity index (χ2v) is 5.40. The van der Waals surface area contributed by atoms with Crippen LogP contribution in [0.1, 0.15) is 25.3 Å². The largest absolute Gasteiger partial charge is 0.384 e. The van der Waals surface area contributed by atoms with Gasteiger partial charge in [-0.1, -0.05) is 13.0 Å². The quantitative estimate of drug-likeness (QED) is 0.867. The Kier molecular flexibility index (Phi) is 5.80. The van der Waals surface area contributed by atoms with Crippen molar-refractivity contribution in [3.63, 3.8) is 0 Å². The molecule has 0 saturated carbocycles. The van der Waals surface area contributed by atoms with Crippen LogP contribution in [-0.2, 0) is 11.3 Å². The Morgan fingerprint density at radius 2 is 2.10 bits per heavy atom. The minimum atomic E-state index is -0.109.